The van der Waals surface area contributed by atoms with E-state index in [-0.39, 0.29) is 24.2 Å². The van der Waals surface area contributed by atoms with Crippen molar-refractivity contribution in [3.05, 3.63) is 53.1 Å². The van der Waals surface area contributed by atoms with Gasteiger partial charge in [-0.2, -0.15) is 0 Å². The number of carbonyl (C=O) groups excluding carboxylic acids is 1. The summed E-state index contributed by atoms with van der Waals surface area (Å²) >= 11 is 0. The summed E-state index contributed by atoms with van der Waals surface area (Å²) in [6.45, 7) is 21.4. The predicted molar refractivity (Wildman–Crippen MR) is 164 cm³/mol. The Kier molecular flexibility index (Phi) is 15.8. The van der Waals surface area contributed by atoms with Crippen LogP contribution in [0.4, 0.5) is 0 Å². The van der Waals surface area contributed by atoms with E-state index in [4.69, 9.17) is 20.9 Å². The van der Waals surface area contributed by atoms with Crippen molar-refractivity contribution in [3.8, 4) is 12.3 Å². The number of amides is 1. The lowest BCUT2D eigenvalue weighted by molar-refractivity contribution is -0.136. The molecule has 5 nitrogen and oxygen atoms in total. The van der Waals surface area contributed by atoms with E-state index < -0.39 is 0 Å². The molecule has 1 amide bonds. The van der Waals surface area contributed by atoms with Crippen molar-refractivity contribution in [3.63, 3.8) is 0 Å². The van der Waals surface area contributed by atoms with Crippen molar-refractivity contribution in [2.24, 2.45) is 0 Å². The molecular weight excluding hydrogens is 484 g/mol. The molecule has 0 N–H and O–H groups in total. The van der Waals surface area contributed by atoms with Crippen molar-refractivity contribution in [1.82, 2.24) is 9.88 Å². The number of aromatic nitrogens is 1. The van der Waals surface area contributed by atoms with Crippen LogP contribution >= 0.6 is 0 Å². The zero-order chi connectivity index (χ0) is 29.4. The lowest BCUT2D eigenvalue weighted by Gasteiger charge is -2.35. The molecule has 0 saturated heterocycles. The lowest BCUT2D eigenvalue weighted by atomic mass is 9.84. The van der Waals surface area contributed by atoms with E-state index in [2.05, 4.69) is 40.2 Å². The van der Waals surface area contributed by atoms with Crippen molar-refractivity contribution < 1.29 is 14.3 Å². The molecule has 0 aromatic carbocycles. The fraction of sp³-hybridized carbons (Fsp3) is 0.647. The summed E-state index contributed by atoms with van der Waals surface area (Å²) in [4.78, 5) is 20.0. The number of hydrogen-bond acceptors (Lipinski definition) is 4. The van der Waals surface area contributed by atoms with Gasteiger partial charge in [-0.05, 0) is 64.5 Å². The zero-order valence-electron chi connectivity index (χ0n) is 26.1. The topological polar surface area (TPSA) is 51.7 Å². The Bertz CT molecular complexity index is 968. The van der Waals surface area contributed by atoms with Crippen LogP contribution in [0.1, 0.15) is 128 Å². The third-order valence-electron chi connectivity index (χ3n) is 7.25. The summed E-state index contributed by atoms with van der Waals surface area (Å²) in [6, 6.07) is 0.0626. The molecule has 1 unspecified atom stereocenters. The predicted octanol–water partition coefficient (Wildman–Crippen LogP) is 7.90. The second-order valence-electron chi connectivity index (χ2n) is 10.5. The van der Waals surface area contributed by atoms with Gasteiger partial charge in [-0.15, -0.1) is 6.42 Å². The standard InChI is InChI=1S/C30H42N2O3.2C2H6/c1-7-10-18-34-21-28(33)32(17-8-2)22(4)15-16-27-24(9-3)25-19-30(5,6)35-20-26(25)29(31-27)23-13-11-12-14-23;2*1-2/h3,7,10,18,22-23H,1,8,11-17,19-21H2,2,4-6H3;2*1-2H3/b18-10-;;. The third kappa shape index (κ3) is 9.84. The van der Waals surface area contributed by atoms with Gasteiger partial charge in [0.25, 0.3) is 5.91 Å². The molecule has 0 spiro atoms. The SMILES string of the molecule is C#Cc1c(CCC(C)N(CCC)C(=O)CO/C=C\C=C)nc(C2CCCC2)c2c1CC(C)(C)OC2.CC.CC. The molecule has 3 rings (SSSR count). The van der Waals surface area contributed by atoms with Crippen LogP contribution in [-0.2, 0) is 33.7 Å². The molecule has 0 radical (unpaired) electrons. The van der Waals surface area contributed by atoms with Gasteiger partial charge in [0.15, 0.2) is 6.61 Å². The fourth-order valence-electron chi connectivity index (χ4n) is 5.38. The summed E-state index contributed by atoms with van der Waals surface area (Å²) in [5.74, 6) is 3.48. The highest BCUT2D eigenvalue weighted by atomic mass is 16.5. The number of rotatable bonds is 11. The Hall–Kier alpha value is -2.58. The Morgan fingerprint density at radius 1 is 1.26 bits per heavy atom. The van der Waals surface area contributed by atoms with Gasteiger partial charge in [0.2, 0.25) is 0 Å². The Morgan fingerprint density at radius 2 is 1.92 bits per heavy atom. The molecule has 2 aliphatic rings. The smallest absolute Gasteiger partial charge is 0.260 e. The van der Waals surface area contributed by atoms with Gasteiger partial charge >= 0.3 is 0 Å². The molecule has 1 aromatic rings. The van der Waals surface area contributed by atoms with Crippen LogP contribution in [0.5, 0.6) is 0 Å². The number of hydrogen-bond donors (Lipinski definition) is 0. The normalized spacial score (nSPS) is 16.6. The Morgan fingerprint density at radius 3 is 2.51 bits per heavy atom. The maximum Gasteiger partial charge on any atom is 0.260 e. The van der Waals surface area contributed by atoms with Crippen molar-refractivity contribution in [2.75, 3.05) is 13.2 Å². The van der Waals surface area contributed by atoms with Gasteiger partial charge in [0, 0.05) is 41.7 Å². The fourth-order valence-corrected chi connectivity index (χ4v) is 5.38. The number of aryl methyl sites for hydroxylation is 1. The number of fused-ring (bicyclic) bond motifs is 1. The van der Waals surface area contributed by atoms with Crippen LogP contribution in [0.25, 0.3) is 0 Å². The second kappa shape index (κ2) is 17.9. The molecule has 218 valence electrons. The molecule has 1 aliphatic carbocycles. The van der Waals surface area contributed by atoms with E-state index in [1.165, 1.54) is 48.8 Å². The molecule has 0 bridgehead atoms. The van der Waals surface area contributed by atoms with E-state index in [0.717, 1.165) is 36.9 Å². The number of pyridine rings is 1. The third-order valence-corrected chi connectivity index (χ3v) is 7.25. The van der Waals surface area contributed by atoms with Crippen molar-refractivity contribution >= 4 is 5.91 Å². The second-order valence-corrected chi connectivity index (χ2v) is 10.5. The number of terminal acetylenes is 1. The van der Waals surface area contributed by atoms with E-state index in [1.807, 2.05) is 32.6 Å². The van der Waals surface area contributed by atoms with Gasteiger partial charge in [-0.3, -0.25) is 9.78 Å². The average molecular weight is 539 g/mol. The molecule has 1 atom stereocenters. The quantitative estimate of drug-likeness (QED) is 0.163. The minimum absolute atomic E-state index is 0.00539. The first-order chi connectivity index (χ1) is 18.8. The number of ether oxygens (including phenoxy) is 2. The summed E-state index contributed by atoms with van der Waals surface area (Å²) < 4.78 is 11.6. The molecule has 1 aromatic heterocycles. The molecule has 39 heavy (non-hydrogen) atoms. The average Bonchev–Trinajstić information content (AvgIpc) is 3.48. The molecule has 2 heterocycles. The van der Waals surface area contributed by atoms with E-state index in [1.54, 1.807) is 12.2 Å². The number of nitrogens with zero attached hydrogens (tertiary/aromatic N) is 2. The summed E-state index contributed by atoms with van der Waals surface area (Å²) in [7, 11) is 0. The van der Waals surface area contributed by atoms with Crippen LogP contribution in [0.2, 0.25) is 0 Å². The maximum absolute atomic E-state index is 12.8. The first kappa shape index (κ1) is 34.4. The van der Waals surface area contributed by atoms with Gasteiger partial charge in [-0.25, -0.2) is 0 Å². The van der Waals surface area contributed by atoms with E-state index in [9.17, 15) is 4.79 Å². The van der Waals surface area contributed by atoms with E-state index >= 15 is 0 Å². The summed E-state index contributed by atoms with van der Waals surface area (Å²) in [5, 5.41) is 0. The van der Waals surface area contributed by atoms with Crippen molar-refractivity contribution in [1.29, 1.82) is 0 Å². The number of allylic oxidation sites excluding steroid dienone is 2. The molecular formula is C34H54N2O3. The largest absolute Gasteiger partial charge is 0.491 e. The van der Waals surface area contributed by atoms with Crippen molar-refractivity contribution in [2.45, 2.75) is 131 Å². The Labute approximate surface area is 239 Å². The minimum Gasteiger partial charge on any atom is -0.491 e. The highest BCUT2D eigenvalue weighted by Crippen LogP contribution is 2.40. The number of carbonyl (C=O) groups is 1. The minimum atomic E-state index is -0.234. The van der Waals surface area contributed by atoms with Crippen LogP contribution in [0.15, 0.2) is 25.0 Å². The van der Waals surface area contributed by atoms with Crippen LogP contribution < -0.4 is 0 Å². The molecule has 1 aliphatic heterocycles. The summed E-state index contributed by atoms with van der Waals surface area (Å²) in [5.41, 5.74) is 5.41. The van der Waals surface area contributed by atoms with Gasteiger partial charge in [0.05, 0.1) is 24.2 Å². The molecule has 5 heteroatoms. The Balaban J connectivity index is 0.00000181. The maximum atomic E-state index is 12.8. The van der Waals surface area contributed by atoms with Crippen LogP contribution in [-0.4, -0.2) is 40.6 Å². The van der Waals surface area contributed by atoms with Crippen LogP contribution in [0.3, 0.4) is 0 Å². The molecule has 1 fully saturated rings. The van der Waals surface area contributed by atoms with Gasteiger partial charge < -0.3 is 14.4 Å². The molecule has 1 saturated carbocycles. The van der Waals surface area contributed by atoms with Gasteiger partial charge in [-0.1, -0.05) is 66.0 Å². The lowest BCUT2D eigenvalue weighted by Crippen LogP contribution is -2.41. The first-order valence-electron chi connectivity index (χ1n) is 15.1. The highest BCUT2D eigenvalue weighted by Gasteiger charge is 2.34. The van der Waals surface area contributed by atoms with E-state index in [0.29, 0.717) is 19.1 Å². The van der Waals surface area contributed by atoms with Crippen LogP contribution in [0, 0.1) is 12.3 Å². The zero-order valence-corrected chi connectivity index (χ0v) is 26.1. The highest BCUT2D eigenvalue weighted by molar-refractivity contribution is 5.77. The summed E-state index contributed by atoms with van der Waals surface area (Å²) in [6.07, 6.45) is 19.0. The first-order valence-corrected chi connectivity index (χ1v) is 15.1. The van der Waals surface area contributed by atoms with Gasteiger partial charge in [0.1, 0.15) is 0 Å². The monoisotopic (exact) mass is 538 g/mol.